The minimum atomic E-state index is -1.09. The van der Waals surface area contributed by atoms with E-state index < -0.39 is 17.9 Å². The van der Waals surface area contributed by atoms with Crippen molar-refractivity contribution in [3.8, 4) is 0 Å². The average Bonchev–Trinajstić information content (AvgIpc) is 2.77. The lowest BCUT2D eigenvalue weighted by atomic mass is 10.1. The lowest BCUT2D eigenvalue weighted by Crippen LogP contribution is -2.40. The Morgan fingerprint density at radius 1 is 1.33 bits per heavy atom. The second kappa shape index (κ2) is 6.00. The van der Waals surface area contributed by atoms with Gasteiger partial charge in [-0.1, -0.05) is 13.3 Å². The van der Waals surface area contributed by atoms with Crippen molar-refractivity contribution >= 4 is 17.7 Å². The molecular formula is C12H15NO5. The molecule has 0 spiro atoms. The lowest BCUT2D eigenvalue weighted by molar-refractivity contribution is -0.139. The number of Topliss-reactive ketones (excluding diaryl/α,β-unsaturated/α-hetero) is 1. The summed E-state index contributed by atoms with van der Waals surface area (Å²) in [6.07, 6.45) is 0.968. The van der Waals surface area contributed by atoms with E-state index in [0.29, 0.717) is 12.8 Å². The van der Waals surface area contributed by atoms with E-state index in [1.807, 2.05) is 6.92 Å². The maximum atomic E-state index is 11.7. The van der Waals surface area contributed by atoms with Gasteiger partial charge >= 0.3 is 5.97 Å². The van der Waals surface area contributed by atoms with Crippen molar-refractivity contribution < 1.29 is 23.9 Å². The van der Waals surface area contributed by atoms with Gasteiger partial charge in [0, 0.05) is 6.92 Å². The van der Waals surface area contributed by atoms with Gasteiger partial charge in [-0.25, -0.2) is 4.79 Å². The predicted octanol–water partition coefficient (Wildman–Crippen LogP) is 1.47. The SMILES string of the molecule is CCCC(NC(=O)c1ccc(C(C)=O)o1)C(=O)O. The van der Waals surface area contributed by atoms with Crippen LogP contribution in [-0.4, -0.2) is 28.8 Å². The van der Waals surface area contributed by atoms with Gasteiger partial charge in [0.15, 0.2) is 17.3 Å². The molecule has 18 heavy (non-hydrogen) atoms. The maximum Gasteiger partial charge on any atom is 0.326 e. The summed E-state index contributed by atoms with van der Waals surface area (Å²) in [5.74, 6) is -2.02. The van der Waals surface area contributed by atoms with Gasteiger partial charge in [-0.3, -0.25) is 9.59 Å². The summed E-state index contributed by atoms with van der Waals surface area (Å²) in [5, 5.41) is 11.2. The van der Waals surface area contributed by atoms with Gasteiger partial charge < -0.3 is 14.8 Å². The topological polar surface area (TPSA) is 96.6 Å². The molecule has 0 saturated carbocycles. The van der Waals surface area contributed by atoms with Crippen molar-refractivity contribution in [1.82, 2.24) is 5.32 Å². The minimum absolute atomic E-state index is 0.0671. The second-order valence-corrected chi connectivity index (χ2v) is 3.87. The van der Waals surface area contributed by atoms with Crippen LogP contribution in [0.3, 0.4) is 0 Å². The standard InChI is InChI=1S/C12H15NO5/c1-3-4-8(12(16)17)13-11(15)10-6-5-9(18-10)7(2)14/h5-6,8H,3-4H2,1-2H3,(H,13,15)(H,16,17). The number of carbonyl (C=O) groups excluding carboxylic acids is 2. The molecule has 0 saturated heterocycles. The Kier molecular flexibility index (Phi) is 4.65. The van der Waals surface area contributed by atoms with Crippen molar-refractivity contribution in [2.24, 2.45) is 0 Å². The number of furan rings is 1. The van der Waals surface area contributed by atoms with Crippen molar-refractivity contribution in [3.05, 3.63) is 23.7 Å². The highest BCUT2D eigenvalue weighted by Crippen LogP contribution is 2.09. The third kappa shape index (κ3) is 3.44. The van der Waals surface area contributed by atoms with Gasteiger partial charge in [-0.05, 0) is 18.6 Å². The van der Waals surface area contributed by atoms with E-state index in [1.165, 1.54) is 19.1 Å². The second-order valence-electron chi connectivity index (χ2n) is 3.87. The lowest BCUT2D eigenvalue weighted by Gasteiger charge is -2.11. The quantitative estimate of drug-likeness (QED) is 0.748. The van der Waals surface area contributed by atoms with Crippen LogP contribution in [0.5, 0.6) is 0 Å². The molecule has 1 heterocycles. The van der Waals surface area contributed by atoms with E-state index >= 15 is 0 Å². The van der Waals surface area contributed by atoms with Gasteiger partial charge in [0.25, 0.3) is 5.91 Å². The zero-order chi connectivity index (χ0) is 13.7. The van der Waals surface area contributed by atoms with Crippen LogP contribution >= 0.6 is 0 Å². The fraction of sp³-hybridized carbons (Fsp3) is 0.417. The zero-order valence-corrected chi connectivity index (χ0v) is 10.2. The molecule has 0 radical (unpaired) electrons. The number of hydrogen-bond acceptors (Lipinski definition) is 4. The van der Waals surface area contributed by atoms with Crippen LogP contribution < -0.4 is 5.32 Å². The summed E-state index contributed by atoms with van der Waals surface area (Å²) in [4.78, 5) is 33.6. The molecular weight excluding hydrogens is 238 g/mol. The van der Waals surface area contributed by atoms with Crippen molar-refractivity contribution in [2.75, 3.05) is 0 Å². The molecule has 1 aromatic heterocycles. The Balaban J connectivity index is 2.74. The number of carbonyl (C=O) groups is 3. The normalized spacial score (nSPS) is 11.9. The fourth-order valence-corrected chi connectivity index (χ4v) is 1.42. The van der Waals surface area contributed by atoms with Crippen LogP contribution in [0.15, 0.2) is 16.5 Å². The number of carboxylic acids is 1. The van der Waals surface area contributed by atoms with Crippen LogP contribution in [0, 0.1) is 0 Å². The summed E-state index contributed by atoms with van der Waals surface area (Å²) < 4.78 is 5.01. The first-order valence-electron chi connectivity index (χ1n) is 5.60. The van der Waals surface area contributed by atoms with E-state index in [0.717, 1.165) is 0 Å². The van der Waals surface area contributed by atoms with Gasteiger partial charge in [0.1, 0.15) is 6.04 Å². The van der Waals surface area contributed by atoms with Crippen molar-refractivity contribution in [3.63, 3.8) is 0 Å². The van der Waals surface area contributed by atoms with Crippen LogP contribution in [0.1, 0.15) is 47.8 Å². The first-order chi connectivity index (χ1) is 8.45. The molecule has 2 N–H and O–H groups in total. The molecule has 6 heteroatoms. The smallest absolute Gasteiger partial charge is 0.326 e. The number of rotatable bonds is 6. The molecule has 0 aliphatic carbocycles. The van der Waals surface area contributed by atoms with Crippen LogP contribution in [0.2, 0.25) is 0 Å². The molecule has 1 atom stereocenters. The van der Waals surface area contributed by atoms with Crippen molar-refractivity contribution in [2.45, 2.75) is 32.7 Å². The molecule has 1 aromatic rings. The Hall–Kier alpha value is -2.11. The Labute approximate surface area is 104 Å². The summed E-state index contributed by atoms with van der Waals surface area (Å²) in [6.45, 7) is 3.14. The number of hydrogen-bond donors (Lipinski definition) is 2. The molecule has 1 amide bonds. The molecule has 0 aliphatic heterocycles. The third-order valence-electron chi connectivity index (χ3n) is 2.36. The van der Waals surface area contributed by atoms with E-state index in [4.69, 9.17) is 9.52 Å². The summed E-state index contributed by atoms with van der Waals surface area (Å²) in [7, 11) is 0. The van der Waals surface area contributed by atoms with Crippen LogP contribution in [0.25, 0.3) is 0 Å². The average molecular weight is 253 g/mol. The monoisotopic (exact) mass is 253 g/mol. The molecule has 0 fully saturated rings. The van der Waals surface area contributed by atoms with Gasteiger partial charge in [0.2, 0.25) is 0 Å². The molecule has 0 aliphatic rings. The number of nitrogens with one attached hydrogen (secondary N) is 1. The molecule has 98 valence electrons. The fourth-order valence-electron chi connectivity index (χ4n) is 1.42. The molecule has 1 unspecified atom stereocenters. The Bertz CT molecular complexity index is 463. The predicted molar refractivity (Wildman–Crippen MR) is 62.5 cm³/mol. The van der Waals surface area contributed by atoms with Crippen LogP contribution in [0.4, 0.5) is 0 Å². The number of aliphatic carboxylic acids is 1. The summed E-state index contributed by atoms with van der Waals surface area (Å²) in [6, 6.07) is 1.78. The highest BCUT2D eigenvalue weighted by molar-refractivity contribution is 5.96. The number of carboxylic acid groups (broad SMARTS) is 1. The van der Waals surface area contributed by atoms with Crippen molar-refractivity contribution in [1.29, 1.82) is 0 Å². The number of ketones is 1. The minimum Gasteiger partial charge on any atom is -0.480 e. The Morgan fingerprint density at radius 3 is 2.39 bits per heavy atom. The molecule has 0 aromatic carbocycles. The third-order valence-corrected chi connectivity index (χ3v) is 2.36. The van der Waals surface area contributed by atoms with E-state index in [1.54, 1.807) is 0 Å². The zero-order valence-electron chi connectivity index (χ0n) is 10.2. The first-order valence-corrected chi connectivity index (χ1v) is 5.60. The van der Waals surface area contributed by atoms with E-state index in [-0.39, 0.29) is 17.3 Å². The Morgan fingerprint density at radius 2 is 1.94 bits per heavy atom. The highest BCUT2D eigenvalue weighted by atomic mass is 16.4. The van der Waals surface area contributed by atoms with E-state index in [2.05, 4.69) is 5.32 Å². The molecule has 0 bridgehead atoms. The first kappa shape index (κ1) is 14.0. The number of amides is 1. The van der Waals surface area contributed by atoms with Crippen LogP contribution in [-0.2, 0) is 4.79 Å². The van der Waals surface area contributed by atoms with E-state index in [9.17, 15) is 14.4 Å². The highest BCUT2D eigenvalue weighted by Gasteiger charge is 2.21. The molecule has 6 nitrogen and oxygen atoms in total. The maximum absolute atomic E-state index is 11.7. The summed E-state index contributed by atoms with van der Waals surface area (Å²) >= 11 is 0. The largest absolute Gasteiger partial charge is 0.480 e. The molecule has 1 rings (SSSR count). The van der Waals surface area contributed by atoms with Gasteiger partial charge in [-0.15, -0.1) is 0 Å². The van der Waals surface area contributed by atoms with Gasteiger partial charge in [-0.2, -0.15) is 0 Å². The van der Waals surface area contributed by atoms with Gasteiger partial charge in [0.05, 0.1) is 0 Å². The summed E-state index contributed by atoms with van der Waals surface area (Å²) in [5.41, 5.74) is 0.